The van der Waals surface area contributed by atoms with E-state index in [1.54, 1.807) is 30.9 Å². The summed E-state index contributed by atoms with van der Waals surface area (Å²) < 4.78 is 7.86. The van der Waals surface area contributed by atoms with Crippen LogP contribution in [0, 0.1) is 0 Å². The van der Waals surface area contributed by atoms with E-state index in [2.05, 4.69) is 26.5 Å². The molecular formula is C27H32N7O2S+. The molecule has 37 heavy (non-hydrogen) atoms. The van der Waals surface area contributed by atoms with Crippen molar-refractivity contribution in [3.05, 3.63) is 34.5 Å². The van der Waals surface area contributed by atoms with Crippen molar-refractivity contribution >= 4 is 57.2 Å². The van der Waals surface area contributed by atoms with Crippen LogP contribution in [0.25, 0.3) is 10.2 Å². The second kappa shape index (κ2) is 9.41. The Bertz CT molecular complexity index is 1440. The Labute approximate surface area is 220 Å². The molecule has 192 valence electrons. The Morgan fingerprint density at radius 1 is 1.32 bits per heavy atom. The monoisotopic (exact) mass is 518 g/mol. The van der Waals surface area contributed by atoms with Gasteiger partial charge in [-0.1, -0.05) is 0 Å². The van der Waals surface area contributed by atoms with Gasteiger partial charge in [0, 0.05) is 48.3 Å². The maximum Gasteiger partial charge on any atom is 0.493 e. The van der Waals surface area contributed by atoms with Crippen LogP contribution in [0.5, 0.6) is 5.75 Å². The minimum atomic E-state index is -0.156. The number of aryl methyl sites for hydroxylation is 1. The van der Waals surface area contributed by atoms with Crippen LogP contribution in [0.15, 0.2) is 23.5 Å². The number of urea groups is 1. The van der Waals surface area contributed by atoms with Gasteiger partial charge in [0.1, 0.15) is 28.9 Å². The van der Waals surface area contributed by atoms with Crippen molar-refractivity contribution in [3.63, 3.8) is 0 Å². The Kier molecular flexibility index (Phi) is 6.06. The van der Waals surface area contributed by atoms with E-state index in [0.717, 1.165) is 72.5 Å². The summed E-state index contributed by atoms with van der Waals surface area (Å²) in [7, 11) is 1.72. The van der Waals surface area contributed by atoms with Gasteiger partial charge in [0.05, 0.1) is 30.8 Å². The van der Waals surface area contributed by atoms with Crippen molar-refractivity contribution in [1.82, 2.24) is 14.9 Å². The number of likely N-dealkylation sites (tertiary alicyclic amines) is 1. The number of ether oxygens (including phenoxy) is 1. The molecule has 4 heterocycles. The number of fused-ring (bicyclic) bond motifs is 3. The summed E-state index contributed by atoms with van der Waals surface area (Å²) in [5, 5.41) is 4.56. The first-order valence-electron chi connectivity index (χ1n) is 13.0. The first kappa shape index (κ1) is 23.8. The zero-order chi connectivity index (χ0) is 25.6. The van der Waals surface area contributed by atoms with Gasteiger partial charge < -0.3 is 15.8 Å². The van der Waals surface area contributed by atoms with Crippen molar-refractivity contribution in [2.24, 2.45) is 4.99 Å². The largest absolute Gasteiger partial charge is 0.493 e. The summed E-state index contributed by atoms with van der Waals surface area (Å²) in [6, 6.07) is 3.94. The molecule has 1 fully saturated rings. The van der Waals surface area contributed by atoms with E-state index < -0.39 is 0 Å². The molecule has 0 saturated carbocycles. The summed E-state index contributed by atoms with van der Waals surface area (Å²) >= 11 is 1.71. The highest BCUT2D eigenvalue weighted by atomic mass is 32.1. The van der Waals surface area contributed by atoms with E-state index in [1.807, 2.05) is 28.5 Å². The number of thiophene rings is 1. The fourth-order valence-electron chi connectivity index (χ4n) is 5.62. The molecule has 3 aliphatic rings. The van der Waals surface area contributed by atoms with Crippen molar-refractivity contribution in [1.29, 1.82) is 0 Å². The minimum Gasteiger partial charge on any atom is -0.492 e. The lowest BCUT2D eigenvalue weighted by Crippen LogP contribution is -2.42. The van der Waals surface area contributed by atoms with Gasteiger partial charge in [-0.3, -0.25) is 4.99 Å². The number of hydrogen-bond acceptors (Lipinski definition) is 8. The Morgan fingerprint density at radius 3 is 2.95 bits per heavy atom. The SMILES string of the molecule is CCOc1cc(N)c(C=NC)cc1Nc1ncnc2sc3c(c12)CCC1(C=[N+]1C(=O)N1CCCCC1)C3. The van der Waals surface area contributed by atoms with Crippen LogP contribution in [0.3, 0.4) is 0 Å². The summed E-state index contributed by atoms with van der Waals surface area (Å²) in [5.41, 5.74) is 9.55. The highest BCUT2D eigenvalue weighted by Crippen LogP contribution is 2.45. The number of rotatable bonds is 5. The van der Waals surface area contributed by atoms with E-state index in [9.17, 15) is 4.79 Å². The van der Waals surface area contributed by atoms with Crippen LogP contribution in [-0.4, -0.2) is 70.2 Å². The lowest BCUT2D eigenvalue weighted by Gasteiger charge is -2.23. The lowest BCUT2D eigenvalue weighted by molar-refractivity contribution is -0.418. The maximum absolute atomic E-state index is 13.1. The molecule has 2 aliphatic heterocycles. The van der Waals surface area contributed by atoms with Crippen LogP contribution in [0.1, 0.15) is 48.6 Å². The van der Waals surface area contributed by atoms with Gasteiger partial charge in [-0.25, -0.2) is 14.9 Å². The molecule has 6 rings (SSSR count). The van der Waals surface area contributed by atoms with Gasteiger partial charge in [0.2, 0.25) is 0 Å². The minimum absolute atomic E-state index is 0.156. The van der Waals surface area contributed by atoms with Crippen molar-refractivity contribution in [3.8, 4) is 5.75 Å². The van der Waals surface area contributed by atoms with Gasteiger partial charge in [-0.15, -0.1) is 11.3 Å². The highest BCUT2D eigenvalue weighted by molar-refractivity contribution is 7.19. The van der Waals surface area contributed by atoms with Gasteiger partial charge in [-0.2, -0.15) is 9.37 Å². The standard InChI is InChI=1S/C27H32N7O2S/c1-3-36-21-12-19(28)17(14-29-2)11-20(21)32-24-23-18-7-8-27(13-22(18)37-25(23)31-16-30-24)15-34(27)26(35)33-9-5-4-6-10-33/h11-12,14-16H,3-10,13,28H2,1-2H3,(H,30,31,32)/q+1. The van der Waals surface area contributed by atoms with Crippen LogP contribution in [0.4, 0.5) is 22.0 Å². The number of amides is 2. The number of nitrogens with one attached hydrogen (secondary N) is 1. The molecule has 1 unspecified atom stereocenters. The first-order valence-corrected chi connectivity index (χ1v) is 13.8. The van der Waals surface area contributed by atoms with Crippen molar-refractivity contribution in [2.45, 2.75) is 51.0 Å². The summed E-state index contributed by atoms with van der Waals surface area (Å²) in [6.45, 7) is 4.22. The molecule has 2 amide bonds. The Balaban J connectivity index is 1.30. The molecule has 10 heteroatoms. The van der Waals surface area contributed by atoms with Gasteiger partial charge in [-0.05, 0) is 44.2 Å². The van der Waals surface area contributed by atoms with Crippen molar-refractivity contribution in [2.75, 3.05) is 37.8 Å². The predicted octanol–water partition coefficient (Wildman–Crippen LogP) is 4.39. The van der Waals surface area contributed by atoms with Gasteiger partial charge in [0.25, 0.3) is 0 Å². The zero-order valence-electron chi connectivity index (χ0n) is 21.3. The van der Waals surface area contributed by atoms with E-state index >= 15 is 0 Å². The molecule has 1 atom stereocenters. The number of benzene rings is 1. The number of aromatic nitrogens is 2. The lowest BCUT2D eigenvalue weighted by atomic mass is 9.86. The molecule has 1 saturated heterocycles. The summed E-state index contributed by atoms with van der Waals surface area (Å²) in [6.07, 6.45) is 11.5. The number of nitrogens with zero attached hydrogens (tertiary/aromatic N) is 5. The average Bonchev–Trinajstić information content (AvgIpc) is 3.46. The smallest absolute Gasteiger partial charge is 0.492 e. The number of nitrogen functional groups attached to an aromatic ring is 1. The highest BCUT2D eigenvalue weighted by Gasteiger charge is 2.57. The molecule has 3 aromatic rings. The van der Waals surface area contributed by atoms with Gasteiger partial charge in [0.15, 0.2) is 5.54 Å². The van der Waals surface area contributed by atoms with Crippen LogP contribution >= 0.6 is 11.3 Å². The van der Waals surface area contributed by atoms with E-state index in [-0.39, 0.29) is 11.6 Å². The van der Waals surface area contributed by atoms with E-state index in [1.165, 1.54) is 16.9 Å². The normalized spacial score (nSPS) is 20.8. The Morgan fingerprint density at radius 2 is 2.16 bits per heavy atom. The third-order valence-corrected chi connectivity index (χ3v) is 8.71. The quantitative estimate of drug-likeness (QED) is 0.295. The van der Waals surface area contributed by atoms with E-state index in [4.69, 9.17) is 10.5 Å². The van der Waals surface area contributed by atoms with Crippen LogP contribution < -0.4 is 15.8 Å². The molecule has 1 aliphatic carbocycles. The molecule has 3 N–H and O–H groups in total. The van der Waals surface area contributed by atoms with Crippen LogP contribution in [-0.2, 0) is 12.8 Å². The zero-order valence-corrected chi connectivity index (χ0v) is 22.1. The number of anilines is 3. The molecule has 0 radical (unpaired) electrons. The topological polar surface area (TPSA) is 109 Å². The summed E-state index contributed by atoms with van der Waals surface area (Å²) in [5.74, 6) is 1.42. The number of piperidine rings is 1. The second-order valence-corrected chi connectivity index (χ2v) is 11.0. The molecule has 1 spiro atoms. The molecule has 9 nitrogen and oxygen atoms in total. The first-order chi connectivity index (χ1) is 18.0. The Hall–Kier alpha value is -3.53. The predicted molar refractivity (Wildman–Crippen MR) is 148 cm³/mol. The fraction of sp³-hybridized carbons (Fsp3) is 0.444. The molecule has 2 aromatic heterocycles. The third kappa shape index (κ3) is 4.22. The maximum atomic E-state index is 13.1. The summed E-state index contributed by atoms with van der Waals surface area (Å²) in [4.78, 5) is 30.7. The van der Waals surface area contributed by atoms with Crippen molar-refractivity contribution < 1.29 is 14.1 Å². The number of hydrogen-bond donors (Lipinski definition) is 2. The average molecular weight is 519 g/mol. The fourth-order valence-corrected chi connectivity index (χ4v) is 6.92. The number of nitrogens with two attached hydrogens (primary N) is 1. The third-order valence-electron chi connectivity index (χ3n) is 7.57. The van der Waals surface area contributed by atoms with Crippen LogP contribution in [0.2, 0.25) is 0 Å². The van der Waals surface area contributed by atoms with Gasteiger partial charge >= 0.3 is 6.03 Å². The number of carbonyl (C=O) groups is 1. The second-order valence-electron chi connectivity index (χ2n) is 9.94. The molecule has 1 aromatic carbocycles. The molecule has 0 bridgehead atoms. The van der Waals surface area contributed by atoms with E-state index in [0.29, 0.717) is 18.0 Å². The number of carbonyl (C=O) groups excluding carboxylic acids is 1. The number of aliphatic imine (C=N–C) groups is 1. The molecular weight excluding hydrogens is 486 g/mol.